The van der Waals surface area contributed by atoms with E-state index in [1.165, 1.54) is 5.56 Å². The fourth-order valence-electron chi connectivity index (χ4n) is 2.21. The Morgan fingerprint density at radius 2 is 2.21 bits per heavy atom. The molecule has 0 N–H and O–H groups in total. The van der Waals surface area contributed by atoms with Crippen molar-refractivity contribution in [3.8, 4) is 0 Å². The van der Waals surface area contributed by atoms with Gasteiger partial charge in [-0.05, 0) is 18.4 Å². The second-order valence-corrected chi connectivity index (χ2v) is 4.22. The zero-order chi connectivity index (χ0) is 10.2. The molecule has 0 spiro atoms. The molecule has 1 nitrogen and oxygen atoms in total. The summed E-state index contributed by atoms with van der Waals surface area (Å²) in [4.78, 5) is 12.1. The molecule has 0 radical (unpaired) electrons. The SMILES string of the molecule is C=CCC1(C)Cc2ccccc2C1=O. The predicted octanol–water partition coefficient (Wildman–Crippen LogP) is 3.01. The highest BCUT2D eigenvalue weighted by Crippen LogP contribution is 2.39. The molecular weight excluding hydrogens is 172 g/mol. The van der Waals surface area contributed by atoms with E-state index in [2.05, 4.69) is 6.58 Å². The molecule has 0 fully saturated rings. The van der Waals surface area contributed by atoms with Gasteiger partial charge >= 0.3 is 0 Å². The zero-order valence-electron chi connectivity index (χ0n) is 8.42. The Balaban J connectivity index is 2.43. The third kappa shape index (κ3) is 1.20. The highest BCUT2D eigenvalue weighted by atomic mass is 16.1. The molecule has 14 heavy (non-hydrogen) atoms. The van der Waals surface area contributed by atoms with Crippen molar-refractivity contribution in [1.29, 1.82) is 0 Å². The van der Waals surface area contributed by atoms with Gasteiger partial charge in [-0.1, -0.05) is 37.3 Å². The number of carbonyl (C=O) groups is 1. The lowest BCUT2D eigenvalue weighted by atomic mass is 9.83. The van der Waals surface area contributed by atoms with Gasteiger partial charge in [-0.15, -0.1) is 6.58 Å². The van der Waals surface area contributed by atoms with Crippen molar-refractivity contribution in [2.75, 3.05) is 0 Å². The van der Waals surface area contributed by atoms with E-state index in [0.717, 1.165) is 18.4 Å². The van der Waals surface area contributed by atoms with Gasteiger partial charge in [0.05, 0.1) is 0 Å². The summed E-state index contributed by atoms with van der Waals surface area (Å²) < 4.78 is 0. The molecule has 1 aromatic rings. The molecule has 0 saturated heterocycles. The molecule has 2 rings (SSSR count). The molecule has 1 atom stereocenters. The van der Waals surface area contributed by atoms with Crippen molar-refractivity contribution in [3.05, 3.63) is 48.0 Å². The fraction of sp³-hybridized carbons (Fsp3) is 0.308. The number of fused-ring (bicyclic) bond motifs is 1. The molecule has 0 bridgehead atoms. The van der Waals surface area contributed by atoms with E-state index >= 15 is 0 Å². The van der Waals surface area contributed by atoms with Crippen LogP contribution in [0.4, 0.5) is 0 Å². The molecule has 1 aliphatic carbocycles. The molecule has 0 saturated carbocycles. The molecule has 0 aliphatic heterocycles. The normalized spacial score (nSPS) is 24.8. The van der Waals surface area contributed by atoms with Gasteiger partial charge in [0.1, 0.15) is 0 Å². The minimum absolute atomic E-state index is 0.245. The Kier molecular flexibility index (Phi) is 2.03. The highest BCUT2D eigenvalue weighted by Gasteiger charge is 2.39. The van der Waals surface area contributed by atoms with E-state index < -0.39 is 0 Å². The van der Waals surface area contributed by atoms with Gasteiger partial charge in [-0.25, -0.2) is 0 Å². The lowest BCUT2D eigenvalue weighted by Gasteiger charge is -2.19. The number of benzene rings is 1. The van der Waals surface area contributed by atoms with Crippen LogP contribution in [-0.4, -0.2) is 5.78 Å². The van der Waals surface area contributed by atoms with Gasteiger partial charge in [0, 0.05) is 11.0 Å². The van der Waals surface area contributed by atoms with E-state index in [1.807, 2.05) is 37.3 Å². The van der Waals surface area contributed by atoms with Crippen LogP contribution in [0.1, 0.15) is 29.3 Å². The van der Waals surface area contributed by atoms with E-state index in [0.29, 0.717) is 0 Å². The number of allylic oxidation sites excluding steroid dienone is 1. The summed E-state index contributed by atoms with van der Waals surface area (Å²) in [5.74, 6) is 0.271. The monoisotopic (exact) mass is 186 g/mol. The molecular formula is C13H14O. The number of hydrogen-bond donors (Lipinski definition) is 0. The van der Waals surface area contributed by atoms with Crippen LogP contribution in [-0.2, 0) is 6.42 Å². The van der Waals surface area contributed by atoms with Gasteiger partial charge in [0.25, 0.3) is 0 Å². The molecule has 0 heterocycles. The summed E-state index contributed by atoms with van der Waals surface area (Å²) in [7, 11) is 0. The van der Waals surface area contributed by atoms with Crippen molar-refractivity contribution in [3.63, 3.8) is 0 Å². The van der Waals surface area contributed by atoms with Gasteiger partial charge in [0.15, 0.2) is 5.78 Å². The first kappa shape index (κ1) is 9.20. The third-order valence-corrected chi connectivity index (χ3v) is 2.99. The Morgan fingerprint density at radius 3 is 2.86 bits per heavy atom. The molecule has 1 aromatic carbocycles. The highest BCUT2D eigenvalue weighted by molar-refractivity contribution is 6.04. The van der Waals surface area contributed by atoms with Gasteiger partial charge in [0.2, 0.25) is 0 Å². The lowest BCUT2D eigenvalue weighted by Crippen LogP contribution is -2.22. The number of ketones is 1. The first-order chi connectivity index (χ1) is 6.67. The van der Waals surface area contributed by atoms with Crippen LogP contribution in [0.25, 0.3) is 0 Å². The summed E-state index contributed by atoms with van der Waals surface area (Å²) in [6, 6.07) is 7.88. The molecule has 1 unspecified atom stereocenters. The van der Waals surface area contributed by atoms with E-state index in [-0.39, 0.29) is 11.2 Å². The minimum atomic E-state index is -0.245. The number of rotatable bonds is 2. The third-order valence-electron chi connectivity index (χ3n) is 2.99. The van der Waals surface area contributed by atoms with Crippen LogP contribution in [0.3, 0.4) is 0 Å². The largest absolute Gasteiger partial charge is 0.294 e. The fourth-order valence-corrected chi connectivity index (χ4v) is 2.21. The maximum Gasteiger partial charge on any atom is 0.169 e. The first-order valence-corrected chi connectivity index (χ1v) is 4.91. The maximum absolute atomic E-state index is 12.1. The second kappa shape index (κ2) is 3.09. The summed E-state index contributed by atoms with van der Waals surface area (Å²) in [6.45, 7) is 5.74. The summed E-state index contributed by atoms with van der Waals surface area (Å²) in [5, 5.41) is 0. The lowest BCUT2D eigenvalue weighted by molar-refractivity contribution is 0.0845. The van der Waals surface area contributed by atoms with Crippen LogP contribution in [0.5, 0.6) is 0 Å². The van der Waals surface area contributed by atoms with E-state index in [1.54, 1.807) is 0 Å². The van der Waals surface area contributed by atoms with E-state index in [4.69, 9.17) is 0 Å². The van der Waals surface area contributed by atoms with Crippen LogP contribution >= 0.6 is 0 Å². The number of hydrogen-bond acceptors (Lipinski definition) is 1. The molecule has 0 aromatic heterocycles. The Bertz CT molecular complexity index is 392. The number of carbonyl (C=O) groups excluding carboxylic acids is 1. The maximum atomic E-state index is 12.1. The predicted molar refractivity (Wildman–Crippen MR) is 57.4 cm³/mol. The summed E-state index contributed by atoms with van der Waals surface area (Å²) in [6.07, 6.45) is 3.46. The molecule has 0 amide bonds. The minimum Gasteiger partial charge on any atom is -0.294 e. The Labute approximate surface area is 84.5 Å². The number of Topliss-reactive ketones (excluding diaryl/α,β-unsaturated/α-hetero) is 1. The standard InChI is InChI=1S/C13H14O/c1-3-8-13(2)9-10-6-4-5-7-11(10)12(13)14/h3-7H,1,8-9H2,2H3. The molecule has 1 heteroatoms. The smallest absolute Gasteiger partial charge is 0.169 e. The van der Waals surface area contributed by atoms with E-state index in [9.17, 15) is 4.79 Å². The van der Waals surface area contributed by atoms with Crippen LogP contribution in [0, 0.1) is 5.41 Å². The van der Waals surface area contributed by atoms with Crippen molar-refractivity contribution in [2.45, 2.75) is 19.8 Å². The quantitative estimate of drug-likeness (QED) is 0.649. The molecule has 1 aliphatic rings. The summed E-state index contributed by atoms with van der Waals surface area (Å²) in [5.41, 5.74) is 1.84. The first-order valence-electron chi connectivity index (χ1n) is 4.91. The summed E-state index contributed by atoms with van der Waals surface area (Å²) >= 11 is 0. The van der Waals surface area contributed by atoms with Crippen molar-refractivity contribution in [1.82, 2.24) is 0 Å². The topological polar surface area (TPSA) is 17.1 Å². The van der Waals surface area contributed by atoms with Crippen molar-refractivity contribution in [2.24, 2.45) is 5.41 Å². The van der Waals surface area contributed by atoms with Crippen LogP contribution < -0.4 is 0 Å². The van der Waals surface area contributed by atoms with Gasteiger partial charge in [-0.3, -0.25) is 4.79 Å². The second-order valence-electron chi connectivity index (χ2n) is 4.22. The Morgan fingerprint density at radius 1 is 1.50 bits per heavy atom. The zero-order valence-corrected chi connectivity index (χ0v) is 8.42. The van der Waals surface area contributed by atoms with Crippen molar-refractivity contribution >= 4 is 5.78 Å². The van der Waals surface area contributed by atoms with Gasteiger partial charge < -0.3 is 0 Å². The van der Waals surface area contributed by atoms with Gasteiger partial charge in [-0.2, -0.15) is 0 Å². The average Bonchev–Trinajstić information content (AvgIpc) is 2.41. The van der Waals surface area contributed by atoms with Crippen LogP contribution in [0.15, 0.2) is 36.9 Å². The van der Waals surface area contributed by atoms with Crippen molar-refractivity contribution < 1.29 is 4.79 Å². The Hall–Kier alpha value is -1.37. The van der Waals surface area contributed by atoms with Crippen LogP contribution in [0.2, 0.25) is 0 Å². The average molecular weight is 186 g/mol. The molecule has 72 valence electrons.